The molecule has 1 N–H and O–H groups in total. The van der Waals surface area contributed by atoms with Crippen LogP contribution in [0.15, 0.2) is 42.5 Å². The van der Waals surface area contributed by atoms with E-state index < -0.39 is 5.41 Å². The fourth-order valence-corrected chi connectivity index (χ4v) is 4.83. The van der Waals surface area contributed by atoms with Crippen LogP contribution in [0.1, 0.15) is 31.2 Å². The van der Waals surface area contributed by atoms with Gasteiger partial charge in [-0.25, -0.2) is 4.98 Å². The third-order valence-corrected chi connectivity index (χ3v) is 6.28. The van der Waals surface area contributed by atoms with Gasteiger partial charge in [0.1, 0.15) is 0 Å². The number of rotatable bonds is 3. The highest BCUT2D eigenvalue weighted by atomic mass is 35.5. The number of carbonyl (C=O) groups is 1. The summed E-state index contributed by atoms with van der Waals surface area (Å²) < 4.78 is 0.967. The number of hydrogen-bond donors (Lipinski definition) is 1. The minimum atomic E-state index is -0.500. The quantitative estimate of drug-likeness (QED) is 0.590. The van der Waals surface area contributed by atoms with Crippen LogP contribution in [0.4, 0.5) is 5.13 Å². The first-order valence-corrected chi connectivity index (χ1v) is 9.78. The second-order valence-corrected chi connectivity index (χ2v) is 8.28. The Morgan fingerprint density at radius 1 is 1.04 bits per heavy atom. The van der Waals surface area contributed by atoms with E-state index >= 15 is 0 Å². The normalized spacial score (nSPS) is 16.2. The van der Waals surface area contributed by atoms with Gasteiger partial charge in [-0.3, -0.25) is 4.79 Å². The summed E-state index contributed by atoms with van der Waals surface area (Å²) in [4.78, 5) is 17.7. The summed E-state index contributed by atoms with van der Waals surface area (Å²) in [5, 5.41) is 5.00. The van der Waals surface area contributed by atoms with Crippen molar-refractivity contribution in [2.45, 2.75) is 31.1 Å². The highest BCUT2D eigenvalue weighted by Gasteiger charge is 2.42. The van der Waals surface area contributed by atoms with Crippen LogP contribution in [-0.4, -0.2) is 10.9 Å². The van der Waals surface area contributed by atoms with Crippen LogP contribution >= 0.6 is 34.5 Å². The molecule has 1 aromatic heterocycles. The summed E-state index contributed by atoms with van der Waals surface area (Å²) in [6, 6.07) is 13.2. The lowest BCUT2D eigenvalue weighted by Gasteiger charge is -2.27. The van der Waals surface area contributed by atoms with Crippen LogP contribution in [0.25, 0.3) is 10.2 Å². The van der Waals surface area contributed by atoms with Gasteiger partial charge in [0.05, 0.1) is 15.6 Å². The molecule has 1 saturated carbocycles. The van der Waals surface area contributed by atoms with Gasteiger partial charge in [0.15, 0.2) is 5.13 Å². The molecule has 0 saturated heterocycles. The highest BCUT2D eigenvalue weighted by Crippen LogP contribution is 2.42. The predicted octanol–water partition coefficient (Wildman–Crippen LogP) is 6.05. The van der Waals surface area contributed by atoms with Gasteiger partial charge < -0.3 is 5.32 Å². The van der Waals surface area contributed by atoms with Crippen LogP contribution < -0.4 is 5.32 Å². The molecule has 0 spiro atoms. The van der Waals surface area contributed by atoms with Crippen molar-refractivity contribution >= 4 is 55.8 Å². The van der Waals surface area contributed by atoms with Crippen LogP contribution in [0.3, 0.4) is 0 Å². The number of hydrogen-bond acceptors (Lipinski definition) is 3. The second-order valence-electron chi connectivity index (χ2n) is 6.38. The zero-order valence-corrected chi connectivity index (χ0v) is 15.7. The first-order valence-electron chi connectivity index (χ1n) is 8.20. The van der Waals surface area contributed by atoms with Gasteiger partial charge in [-0.05, 0) is 48.7 Å². The number of carbonyl (C=O) groups excluding carboxylic acids is 1. The molecule has 1 fully saturated rings. The lowest BCUT2D eigenvalue weighted by Crippen LogP contribution is -2.37. The lowest BCUT2D eigenvalue weighted by atomic mass is 9.78. The number of benzene rings is 2. The third kappa shape index (κ3) is 3.14. The average molecular weight is 391 g/mol. The first-order chi connectivity index (χ1) is 12.1. The molecule has 1 heterocycles. The summed E-state index contributed by atoms with van der Waals surface area (Å²) >= 11 is 13.5. The standard InChI is InChI=1S/C19H16Cl2N2OS/c20-13-5-3-12(4-6-13)19(9-1-2-10-19)17(24)23-18-22-15-8-7-14(21)11-16(15)25-18/h3-8,11H,1-2,9-10H2,(H,22,23,24). The molecule has 3 nitrogen and oxygen atoms in total. The van der Waals surface area contributed by atoms with E-state index in [2.05, 4.69) is 10.3 Å². The van der Waals surface area contributed by atoms with E-state index in [1.165, 1.54) is 11.3 Å². The number of halogens is 2. The number of thiazole rings is 1. The molecule has 6 heteroatoms. The summed E-state index contributed by atoms with van der Waals surface area (Å²) in [6.07, 6.45) is 3.78. The molecule has 0 unspecified atom stereocenters. The molecule has 4 rings (SSSR count). The average Bonchev–Trinajstić information content (AvgIpc) is 3.22. The monoisotopic (exact) mass is 390 g/mol. The second kappa shape index (κ2) is 6.60. The van der Waals surface area contributed by atoms with Gasteiger partial charge in [0, 0.05) is 10.0 Å². The van der Waals surface area contributed by atoms with Crippen LogP contribution in [0.2, 0.25) is 10.0 Å². The van der Waals surface area contributed by atoms with Gasteiger partial charge in [0.25, 0.3) is 0 Å². The van der Waals surface area contributed by atoms with Gasteiger partial charge in [0.2, 0.25) is 5.91 Å². The maximum Gasteiger partial charge on any atom is 0.236 e. The predicted molar refractivity (Wildman–Crippen MR) is 105 cm³/mol. The Hall–Kier alpha value is -1.62. The first kappa shape index (κ1) is 16.8. The van der Waals surface area contributed by atoms with Crippen molar-refractivity contribution < 1.29 is 4.79 Å². The Bertz CT molecular complexity index is 930. The number of amides is 1. The van der Waals surface area contributed by atoms with Gasteiger partial charge >= 0.3 is 0 Å². The van der Waals surface area contributed by atoms with Crippen LogP contribution in [0, 0.1) is 0 Å². The van der Waals surface area contributed by atoms with Crippen molar-refractivity contribution in [3.8, 4) is 0 Å². The van der Waals surface area contributed by atoms with Crippen molar-refractivity contribution in [2.24, 2.45) is 0 Å². The summed E-state index contributed by atoms with van der Waals surface area (Å²) in [6.45, 7) is 0. The lowest BCUT2D eigenvalue weighted by molar-refractivity contribution is -0.121. The summed E-state index contributed by atoms with van der Waals surface area (Å²) in [7, 11) is 0. The maximum atomic E-state index is 13.2. The van der Waals surface area contributed by atoms with Crippen molar-refractivity contribution in [3.63, 3.8) is 0 Å². The van der Waals surface area contributed by atoms with Gasteiger partial charge in [-0.2, -0.15) is 0 Å². The number of nitrogens with one attached hydrogen (secondary N) is 1. The van der Waals surface area contributed by atoms with E-state index in [9.17, 15) is 4.79 Å². The van der Waals surface area contributed by atoms with E-state index in [1.54, 1.807) is 6.07 Å². The zero-order chi connectivity index (χ0) is 17.4. The number of anilines is 1. The fraction of sp³-hybridized carbons (Fsp3) is 0.263. The third-order valence-electron chi connectivity index (χ3n) is 4.86. The van der Waals surface area contributed by atoms with E-state index in [4.69, 9.17) is 23.2 Å². The molecule has 2 aromatic carbocycles. The molecular weight excluding hydrogens is 375 g/mol. The highest BCUT2D eigenvalue weighted by molar-refractivity contribution is 7.22. The molecule has 0 aliphatic heterocycles. The Labute approximate surface area is 160 Å². The molecule has 0 atom stereocenters. The van der Waals surface area contributed by atoms with Crippen molar-refractivity contribution in [1.82, 2.24) is 4.98 Å². The van der Waals surface area contributed by atoms with Gasteiger partial charge in [-0.1, -0.05) is 59.5 Å². The number of nitrogens with zero attached hydrogens (tertiary/aromatic N) is 1. The molecule has 0 radical (unpaired) electrons. The van der Waals surface area contributed by atoms with Crippen LogP contribution in [-0.2, 0) is 10.2 Å². The molecule has 1 aliphatic carbocycles. The smallest absolute Gasteiger partial charge is 0.236 e. The molecule has 128 valence electrons. The van der Waals surface area contributed by atoms with Crippen molar-refractivity contribution in [2.75, 3.05) is 5.32 Å². The summed E-state index contributed by atoms with van der Waals surface area (Å²) in [5.74, 6) is 0.0116. The van der Waals surface area contributed by atoms with E-state index in [-0.39, 0.29) is 5.91 Å². The molecule has 3 aromatic rings. The van der Waals surface area contributed by atoms with E-state index in [0.717, 1.165) is 41.5 Å². The van der Waals surface area contributed by atoms with Crippen molar-refractivity contribution in [3.05, 3.63) is 58.1 Å². The topological polar surface area (TPSA) is 42.0 Å². The largest absolute Gasteiger partial charge is 0.301 e. The minimum absolute atomic E-state index is 0.0116. The maximum absolute atomic E-state index is 13.2. The van der Waals surface area contributed by atoms with E-state index in [0.29, 0.717) is 15.2 Å². The van der Waals surface area contributed by atoms with Crippen molar-refractivity contribution in [1.29, 1.82) is 0 Å². The molecular formula is C19H16Cl2N2OS. The zero-order valence-electron chi connectivity index (χ0n) is 13.4. The molecule has 1 aliphatic rings. The minimum Gasteiger partial charge on any atom is -0.301 e. The fourth-order valence-electron chi connectivity index (χ4n) is 3.56. The molecule has 25 heavy (non-hydrogen) atoms. The Morgan fingerprint density at radius 3 is 2.44 bits per heavy atom. The van der Waals surface area contributed by atoms with Crippen LogP contribution in [0.5, 0.6) is 0 Å². The number of fused-ring (bicyclic) bond motifs is 1. The molecule has 1 amide bonds. The van der Waals surface area contributed by atoms with E-state index in [1.807, 2.05) is 36.4 Å². The summed E-state index contributed by atoms with van der Waals surface area (Å²) in [5.41, 5.74) is 1.37. The molecule has 0 bridgehead atoms. The van der Waals surface area contributed by atoms with Gasteiger partial charge in [-0.15, -0.1) is 0 Å². The Morgan fingerprint density at radius 2 is 1.72 bits per heavy atom. The number of aromatic nitrogens is 1. The Kier molecular flexibility index (Phi) is 4.44. The Balaban J connectivity index is 1.65. The SMILES string of the molecule is O=C(Nc1nc2ccc(Cl)cc2s1)C1(c2ccc(Cl)cc2)CCCC1.